The van der Waals surface area contributed by atoms with Gasteiger partial charge in [-0.15, -0.1) is 0 Å². The number of anilines is 1. The van der Waals surface area contributed by atoms with E-state index in [0.29, 0.717) is 6.04 Å². The highest BCUT2D eigenvalue weighted by atomic mass is 35.5. The molecule has 1 aliphatic rings. The van der Waals surface area contributed by atoms with Gasteiger partial charge in [0.1, 0.15) is 0 Å². The number of benzene rings is 2. The molecule has 2 aromatic rings. The van der Waals surface area contributed by atoms with Crippen molar-refractivity contribution < 1.29 is 0 Å². The first-order valence-corrected chi connectivity index (χ1v) is 7.83. The molecule has 110 valence electrons. The van der Waals surface area contributed by atoms with E-state index in [1.165, 1.54) is 29.5 Å². The number of hydrogen-bond donors (Lipinski definition) is 1. The number of nitrogens with zero attached hydrogens (tertiary/aromatic N) is 1. The van der Waals surface area contributed by atoms with Crippen LogP contribution in [0.25, 0.3) is 0 Å². The zero-order valence-corrected chi connectivity index (χ0v) is 13.1. The smallest absolute Gasteiger partial charge is 0.0453 e. The minimum atomic E-state index is 0.684. The van der Waals surface area contributed by atoms with Crippen molar-refractivity contribution in [2.75, 3.05) is 5.73 Å². The van der Waals surface area contributed by atoms with Crippen molar-refractivity contribution in [1.29, 1.82) is 0 Å². The Balaban J connectivity index is 1.76. The monoisotopic (exact) mass is 300 g/mol. The molecule has 2 N–H and O–H groups in total. The van der Waals surface area contributed by atoms with Crippen molar-refractivity contribution in [2.24, 2.45) is 0 Å². The molecule has 3 heteroatoms. The van der Waals surface area contributed by atoms with Gasteiger partial charge in [-0.2, -0.15) is 0 Å². The normalized spacial score (nSPS) is 14.6. The molecule has 2 aromatic carbocycles. The summed E-state index contributed by atoms with van der Waals surface area (Å²) in [5.74, 6) is 0. The molecule has 1 saturated carbocycles. The minimum Gasteiger partial charge on any atom is -0.399 e. The van der Waals surface area contributed by atoms with Gasteiger partial charge in [0.15, 0.2) is 0 Å². The molecule has 0 amide bonds. The summed E-state index contributed by atoms with van der Waals surface area (Å²) in [4.78, 5) is 2.51. The molecule has 2 nitrogen and oxygen atoms in total. The van der Waals surface area contributed by atoms with Gasteiger partial charge in [0.2, 0.25) is 0 Å². The molecule has 0 aromatic heterocycles. The van der Waals surface area contributed by atoms with Gasteiger partial charge in [0.05, 0.1) is 0 Å². The number of nitrogens with two attached hydrogens (primary N) is 1. The Kier molecular flexibility index (Phi) is 4.18. The average Bonchev–Trinajstić information content (AvgIpc) is 3.25. The van der Waals surface area contributed by atoms with E-state index in [1.54, 1.807) is 0 Å². The van der Waals surface area contributed by atoms with E-state index in [9.17, 15) is 0 Å². The molecule has 3 rings (SSSR count). The maximum atomic E-state index is 6.38. The second kappa shape index (κ2) is 6.08. The van der Waals surface area contributed by atoms with Gasteiger partial charge >= 0.3 is 0 Å². The van der Waals surface area contributed by atoms with Crippen LogP contribution in [0.5, 0.6) is 0 Å². The largest absolute Gasteiger partial charge is 0.399 e. The molecule has 0 saturated heterocycles. The topological polar surface area (TPSA) is 29.3 Å². The zero-order chi connectivity index (χ0) is 14.8. The standard InChI is InChI=1S/C18H21ClN2/c1-13-5-6-15(18(19)9-13)12-21(17-7-8-17)11-14-3-2-4-16(20)10-14/h2-6,9-10,17H,7-8,11-12,20H2,1H3. The fourth-order valence-corrected chi connectivity index (χ4v) is 2.97. The summed E-state index contributed by atoms with van der Waals surface area (Å²) in [6.07, 6.45) is 2.57. The molecule has 0 unspecified atom stereocenters. The van der Waals surface area contributed by atoms with Crippen LogP contribution < -0.4 is 5.73 Å². The number of aryl methyl sites for hydroxylation is 1. The summed E-state index contributed by atoms with van der Waals surface area (Å²) < 4.78 is 0. The van der Waals surface area contributed by atoms with E-state index in [2.05, 4.69) is 36.1 Å². The maximum Gasteiger partial charge on any atom is 0.0453 e. The molecule has 0 radical (unpaired) electrons. The number of hydrogen-bond acceptors (Lipinski definition) is 2. The van der Waals surface area contributed by atoms with Crippen LogP contribution in [0.3, 0.4) is 0 Å². The van der Waals surface area contributed by atoms with Crippen molar-refractivity contribution >= 4 is 17.3 Å². The van der Waals surface area contributed by atoms with Gasteiger partial charge in [0.25, 0.3) is 0 Å². The Labute approximate surface area is 131 Å². The van der Waals surface area contributed by atoms with E-state index in [1.807, 2.05) is 18.2 Å². The highest BCUT2D eigenvalue weighted by Gasteiger charge is 2.29. The van der Waals surface area contributed by atoms with Crippen molar-refractivity contribution in [1.82, 2.24) is 4.90 Å². The van der Waals surface area contributed by atoms with Crippen LogP contribution in [0.2, 0.25) is 5.02 Å². The highest BCUT2D eigenvalue weighted by molar-refractivity contribution is 6.31. The molecular formula is C18H21ClN2. The molecule has 0 spiro atoms. The van der Waals surface area contributed by atoms with Crippen LogP contribution in [0, 0.1) is 6.92 Å². The van der Waals surface area contributed by atoms with E-state index < -0.39 is 0 Å². The van der Waals surface area contributed by atoms with Crippen molar-refractivity contribution in [3.8, 4) is 0 Å². The number of nitrogen functional groups attached to an aromatic ring is 1. The second-order valence-corrected chi connectivity index (χ2v) is 6.38. The fraction of sp³-hybridized carbons (Fsp3) is 0.333. The van der Waals surface area contributed by atoms with Crippen LogP contribution >= 0.6 is 11.6 Å². The summed E-state index contributed by atoms with van der Waals surface area (Å²) in [6.45, 7) is 3.90. The summed E-state index contributed by atoms with van der Waals surface area (Å²) in [7, 11) is 0. The van der Waals surface area contributed by atoms with Gasteiger partial charge in [-0.05, 0) is 54.7 Å². The molecule has 21 heavy (non-hydrogen) atoms. The third kappa shape index (κ3) is 3.78. The lowest BCUT2D eigenvalue weighted by Gasteiger charge is -2.23. The quantitative estimate of drug-likeness (QED) is 0.830. The Morgan fingerprint density at radius 1 is 1.14 bits per heavy atom. The van der Waals surface area contributed by atoms with Crippen molar-refractivity contribution in [3.63, 3.8) is 0 Å². The lowest BCUT2D eigenvalue weighted by atomic mass is 10.1. The fourth-order valence-electron chi connectivity index (χ4n) is 2.68. The first kappa shape index (κ1) is 14.4. The molecule has 1 fully saturated rings. The molecular weight excluding hydrogens is 280 g/mol. The summed E-state index contributed by atoms with van der Waals surface area (Å²) in [5, 5.41) is 0.869. The van der Waals surface area contributed by atoms with Crippen LogP contribution in [0.4, 0.5) is 5.69 Å². The first-order valence-electron chi connectivity index (χ1n) is 7.45. The van der Waals surface area contributed by atoms with Crippen molar-refractivity contribution in [3.05, 3.63) is 64.2 Å². The predicted octanol–water partition coefficient (Wildman–Crippen LogP) is 4.40. The summed E-state index contributed by atoms with van der Waals surface area (Å²) in [5.41, 5.74) is 10.4. The number of halogens is 1. The maximum absolute atomic E-state index is 6.38. The second-order valence-electron chi connectivity index (χ2n) is 5.98. The van der Waals surface area contributed by atoms with Gasteiger partial charge in [-0.25, -0.2) is 0 Å². The lowest BCUT2D eigenvalue weighted by molar-refractivity contribution is 0.246. The summed E-state index contributed by atoms with van der Waals surface area (Å²) in [6, 6.07) is 15.2. The number of rotatable bonds is 5. The predicted molar refractivity (Wildman–Crippen MR) is 89.3 cm³/mol. The van der Waals surface area contributed by atoms with E-state index in [-0.39, 0.29) is 0 Å². The first-order chi connectivity index (χ1) is 10.1. The van der Waals surface area contributed by atoms with Crippen LogP contribution in [-0.2, 0) is 13.1 Å². The Morgan fingerprint density at radius 3 is 2.62 bits per heavy atom. The van der Waals surface area contributed by atoms with Gasteiger partial charge in [0, 0.05) is 29.8 Å². The zero-order valence-electron chi connectivity index (χ0n) is 12.3. The van der Waals surface area contributed by atoms with Crippen LogP contribution in [0.1, 0.15) is 29.5 Å². The molecule has 1 aliphatic carbocycles. The van der Waals surface area contributed by atoms with Crippen LogP contribution in [-0.4, -0.2) is 10.9 Å². The third-order valence-corrected chi connectivity index (χ3v) is 4.33. The van der Waals surface area contributed by atoms with Gasteiger partial charge < -0.3 is 5.73 Å². The van der Waals surface area contributed by atoms with Gasteiger partial charge in [-0.3, -0.25) is 4.90 Å². The van der Waals surface area contributed by atoms with E-state index in [0.717, 1.165) is 23.8 Å². The molecule has 0 aliphatic heterocycles. The molecule has 0 bridgehead atoms. The Bertz CT molecular complexity index is 635. The van der Waals surface area contributed by atoms with Gasteiger partial charge in [-0.1, -0.05) is 35.9 Å². The third-order valence-electron chi connectivity index (χ3n) is 3.98. The SMILES string of the molecule is Cc1ccc(CN(Cc2cccc(N)c2)C2CC2)c(Cl)c1. The lowest BCUT2D eigenvalue weighted by Crippen LogP contribution is -2.25. The van der Waals surface area contributed by atoms with Crippen LogP contribution in [0.15, 0.2) is 42.5 Å². The van der Waals surface area contributed by atoms with E-state index in [4.69, 9.17) is 17.3 Å². The Hall–Kier alpha value is -1.51. The molecule has 0 atom stereocenters. The minimum absolute atomic E-state index is 0.684. The molecule has 0 heterocycles. The average molecular weight is 301 g/mol. The summed E-state index contributed by atoms with van der Waals surface area (Å²) >= 11 is 6.38. The van der Waals surface area contributed by atoms with Crippen molar-refractivity contribution in [2.45, 2.75) is 38.9 Å². The highest BCUT2D eigenvalue weighted by Crippen LogP contribution is 2.31. The Morgan fingerprint density at radius 2 is 1.95 bits per heavy atom. The van der Waals surface area contributed by atoms with E-state index >= 15 is 0 Å².